The average Bonchev–Trinajstić information content (AvgIpc) is 2.98. The lowest BCUT2D eigenvalue weighted by Gasteiger charge is -2.31. The van der Waals surface area contributed by atoms with Crippen LogP contribution in [0.3, 0.4) is 0 Å². The molecule has 0 spiro atoms. The second-order valence-electron chi connectivity index (χ2n) is 8.74. The number of para-hydroxylation sites is 1. The standard InChI is InChI=1S/C29H22F3N7O/c30-29(31,32)26-14-15-34-28(36-26)39(23-10-12-25(13-11-23)40-24-4-2-1-3-5-24)20-27-37-35-16-17-38(27)19-22-8-6-21(18-33)7-9-22/h1-16H,17,19-20H2. The SMILES string of the molecule is N#Cc1ccc(CN2CC=NN=C2CN(c2ccc(Oc3ccccc3)cc2)c2nccc(C(F)(F)F)n2)cc1. The summed E-state index contributed by atoms with van der Waals surface area (Å²) in [4.78, 5) is 11.5. The fourth-order valence-corrected chi connectivity index (χ4v) is 3.98. The van der Waals surface area contributed by atoms with Gasteiger partial charge in [-0.2, -0.15) is 23.5 Å². The van der Waals surface area contributed by atoms with Gasteiger partial charge in [-0.05, 0) is 60.2 Å². The summed E-state index contributed by atoms with van der Waals surface area (Å²) in [5.41, 5.74) is 0.969. The molecule has 2 heterocycles. The lowest BCUT2D eigenvalue weighted by atomic mass is 10.1. The Balaban J connectivity index is 1.45. The molecular formula is C29H22F3N7O. The van der Waals surface area contributed by atoms with Crippen LogP contribution in [0.4, 0.5) is 24.8 Å². The van der Waals surface area contributed by atoms with Crippen LogP contribution in [0, 0.1) is 11.3 Å². The molecule has 200 valence electrons. The molecule has 0 saturated carbocycles. The Morgan fingerprint density at radius 2 is 1.65 bits per heavy atom. The lowest BCUT2D eigenvalue weighted by molar-refractivity contribution is -0.141. The number of benzene rings is 3. The van der Waals surface area contributed by atoms with Crippen LogP contribution < -0.4 is 9.64 Å². The Bertz CT molecular complexity index is 1550. The van der Waals surface area contributed by atoms with Gasteiger partial charge in [-0.15, -0.1) is 5.10 Å². The minimum atomic E-state index is -4.63. The van der Waals surface area contributed by atoms with Crippen molar-refractivity contribution >= 4 is 23.7 Å². The highest BCUT2D eigenvalue weighted by atomic mass is 19.4. The van der Waals surface area contributed by atoms with Gasteiger partial charge in [0.05, 0.1) is 24.7 Å². The number of hydrogen-bond acceptors (Lipinski definition) is 8. The third kappa shape index (κ3) is 6.42. The molecule has 0 saturated heterocycles. The summed E-state index contributed by atoms with van der Waals surface area (Å²) in [5.74, 6) is 1.59. The quantitative estimate of drug-likeness (QED) is 0.264. The average molecular weight is 542 g/mol. The van der Waals surface area contributed by atoms with E-state index in [1.807, 2.05) is 47.4 Å². The fraction of sp³-hybridized carbons (Fsp3) is 0.138. The van der Waals surface area contributed by atoms with Gasteiger partial charge in [-0.1, -0.05) is 30.3 Å². The number of ether oxygens (including phenoxy) is 1. The maximum Gasteiger partial charge on any atom is 0.433 e. The van der Waals surface area contributed by atoms with Gasteiger partial charge in [0, 0.05) is 24.6 Å². The Morgan fingerprint density at radius 1 is 0.925 bits per heavy atom. The predicted molar refractivity (Wildman–Crippen MR) is 144 cm³/mol. The smallest absolute Gasteiger partial charge is 0.433 e. The van der Waals surface area contributed by atoms with Crippen LogP contribution in [-0.2, 0) is 12.7 Å². The van der Waals surface area contributed by atoms with Gasteiger partial charge in [0.15, 0.2) is 0 Å². The molecule has 0 atom stereocenters. The molecule has 3 aromatic carbocycles. The maximum absolute atomic E-state index is 13.5. The summed E-state index contributed by atoms with van der Waals surface area (Å²) in [6.45, 7) is 0.950. The zero-order chi connectivity index (χ0) is 28.0. The first-order valence-corrected chi connectivity index (χ1v) is 12.2. The molecule has 1 aromatic heterocycles. The van der Waals surface area contributed by atoms with Crippen LogP contribution in [0.1, 0.15) is 16.8 Å². The molecule has 1 aliphatic rings. The van der Waals surface area contributed by atoms with Gasteiger partial charge in [-0.25, -0.2) is 9.97 Å². The molecule has 0 aliphatic carbocycles. The molecule has 0 bridgehead atoms. The van der Waals surface area contributed by atoms with E-state index in [2.05, 4.69) is 26.2 Å². The van der Waals surface area contributed by atoms with Crippen molar-refractivity contribution in [3.8, 4) is 17.6 Å². The van der Waals surface area contributed by atoms with E-state index in [0.29, 0.717) is 41.7 Å². The first-order chi connectivity index (χ1) is 19.4. The van der Waals surface area contributed by atoms with E-state index in [9.17, 15) is 13.2 Å². The molecule has 11 heteroatoms. The number of halogens is 3. The largest absolute Gasteiger partial charge is 0.457 e. The molecule has 0 unspecified atom stereocenters. The van der Waals surface area contributed by atoms with Gasteiger partial charge in [0.1, 0.15) is 23.0 Å². The van der Waals surface area contributed by atoms with E-state index in [1.54, 1.807) is 47.5 Å². The summed E-state index contributed by atoms with van der Waals surface area (Å²) in [7, 11) is 0. The van der Waals surface area contributed by atoms with Gasteiger partial charge >= 0.3 is 6.18 Å². The van der Waals surface area contributed by atoms with Gasteiger partial charge in [-0.3, -0.25) is 0 Å². The summed E-state index contributed by atoms with van der Waals surface area (Å²) >= 11 is 0. The second-order valence-corrected chi connectivity index (χ2v) is 8.74. The molecule has 0 radical (unpaired) electrons. The van der Waals surface area contributed by atoms with E-state index in [1.165, 1.54) is 0 Å². The molecule has 40 heavy (non-hydrogen) atoms. The number of rotatable bonds is 8. The van der Waals surface area contributed by atoms with E-state index >= 15 is 0 Å². The van der Waals surface area contributed by atoms with Crippen molar-refractivity contribution in [1.82, 2.24) is 14.9 Å². The van der Waals surface area contributed by atoms with Crippen molar-refractivity contribution in [2.75, 3.05) is 18.0 Å². The first-order valence-electron chi connectivity index (χ1n) is 12.2. The van der Waals surface area contributed by atoms with Crippen LogP contribution >= 0.6 is 0 Å². The van der Waals surface area contributed by atoms with Crippen LogP contribution in [0.15, 0.2) is 101 Å². The summed E-state index contributed by atoms with van der Waals surface area (Å²) in [6.07, 6.45) is -1.90. The zero-order valence-corrected chi connectivity index (χ0v) is 21.0. The molecule has 1 aliphatic heterocycles. The molecule has 5 rings (SSSR count). The predicted octanol–water partition coefficient (Wildman–Crippen LogP) is 6.20. The molecule has 0 N–H and O–H groups in total. The molecule has 0 fully saturated rings. The summed E-state index contributed by atoms with van der Waals surface area (Å²) in [5, 5.41) is 17.4. The normalized spacial score (nSPS) is 12.9. The van der Waals surface area contributed by atoms with E-state index in [-0.39, 0.29) is 12.5 Å². The van der Waals surface area contributed by atoms with E-state index in [4.69, 9.17) is 10.00 Å². The first kappa shape index (κ1) is 26.4. The van der Waals surface area contributed by atoms with Gasteiger partial charge < -0.3 is 14.5 Å². The molecule has 0 amide bonds. The van der Waals surface area contributed by atoms with Crippen molar-refractivity contribution in [2.24, 2.45) is 10.2 Å². The maximum atomic E-state index is 13.5. The van der Waals surface area contributed by atoms with Crippen molar-refractivity contribution in [3.63, 3.8) is 0 Å². The Labute approximate surface area is 228 Å². The van der Waals surface area contributed by atoms with E-state index in [0.717, 1.165) is 17.8 Å². The fourth-order valence-electron chi connectivity index (χ4n) is 3.98. The third-order valence-electron chi connectivity index (χ3n) is 5.98. The Kier molecular flexibility index (Phi) is 7.68. The zero-order valence-electron chi connectivity index (χ0n) is 21.0. The number of aromatic nitrogens is 2. The summed E-state index contributed by atoms with van der Waals surface area (Å²) in [6, 6.07) is 26.2. The van der Waals surface area contributed by atoms with Gasteiger partial charge in [0.25, 0.3) is 0 Å². The van der Waals surface area contributed by atoms with E-state index < -0.39 is 11.9 Å². The topological polar surface area (TPSA) is 90.0 Å². The highest BCUT2D eigenvalue weighted by Crippen LogP contribution is 2.31. The van der Waals surface area contributed by atoms with Crippen molar-refractivity contribution < 1.29 is 17.9 Å². The monoisotopic (exact) mass is 541 g/mol. The third-order valence-corrected chi connectivity index (χ3v) is 5.98. The minimum Gasteiger partial charge on any atom is -0.457 e. The highest BCUT2D eigenvalue weighted by molar-refractivity contribution is 5.91. The number of anilines is 2. The van der Waals surface area contributed by atoms with Crippen LogP contribution in [0.5, 0.6) is 11.5 Å². The lowest BCUT2D eigenvalue weighted by Crippen LogP contribution is -2.41. The second kappa shape index (κ2) is 11.7. The number of amidine groups is 1. The van der Waals surface area contributed by atoms with Crippen LogP contribution in [0.2, 0.25) is 0 Å². The number of nitrogens with zero attached hydrogens (tertiary/aromatic N) is 7. The van der Waals surface area contributed by atoms with Crippen LogP contribution in [-0.4, -0.2) is 40.0 Å². The number of alkyl halides is 3. The number of hydrogen-bond donors (Lipinski definition) is 0. The summed E-state index contributed by atoms with van der Waals surface area (Å²) < 4.78 is 46.4. The Morgan fingerprint density at radius 3 is 2.35 bits per heavy atom. The molecule has 8 nitrogen and oxygen atoms in total. The highest BCUT2D eigenvalue weighted by Gasteiger charge is 2.33. The Hall–Kier alpha value is -5.24. The number of nitriles is 1. The van der Waals surface area contributed by atoms with Crippen molar-refractivity contribution in [3.05, 3.63) is 108 Å². The van der Waals surface area contributed by atoms with Crippen molar-refractivity contribution in [2.45, 2.75) is 12.7 Å². The molecule has 4 aromatic rings. The minimum absolute atomic E-state index is 0.0494. The molecular weight excluding hydrogens is 519 g/mol. The van der Waals surface area contributed by atoms with Crippen LogP contribution in [0.25, 0.3) is 0 Å². The van der Waals surface area contributed by atoms with Gasteiger partial charge in [0.2, 0.25) is 5.95 Å². The van der Waals surface area contributed by atoms with Crippen molar-refractivity contribution in [1.29, 1.82) is 5.26 Å².